The largest absolute Gasteiger partial charge is 0.335 e. The molecule has 5 nitrogen and oxygen atoms in total. The van der Waals surface area contributed by atoms with Crippen LogP contribution in [0.5, 0.6) is 0 Å². The highest BCUT2D eigenvalue weighted by Gasteiger charge is 2.37. The number of hydrogen-bond acceptors (Lipinski definition) is 4. The Hall–Kier alpha value is -1.90. The maximum atomic E-state index is 12.6. The molecule has 1 amide bonds. The molecule has 0 spiro atoms. The molecule has 0 radical (unpaired) electrons. The van der Waals surface area contributed by atoms with Crippen LogP contribution in [0.15, 0.2) is 24.3 Å². The van der Waals surface area contributed by atoms with Gasteiger partial charge in [-0.1, -0.05) is 13.0 Å². The molecule has 2 fully saturated rings. The molecule has 0 aliphatic carbocycles. The first-order valence-electron chi connectivity index (χ1n) is 8.86. The molecular weight excluding hydrogens is 300 g/mol. The number of hydrogen-bond donors (Lipinski definition) is 0. The van der Waals surface area contributed by atoms with Gasteiger partial charge in [0.25, 0.3) is 5.91 Å². The number of carbonyl (C=O) groups excluding carboxylic acids is 1. The Bertz CT molecular complexity index is 624. The first-order chi connectivity index (χ1) is 11.6. The second-order valence-corrected chi connectivity index (χ2v) is 6.92. The van der Waals surface area contributed by atoms with Crippen molar-refractivity contribution in [3.63, 3.8) is 0 Å². The highest BCUT2D eigenvalue weighted by atomic mass is 16.2. The van der Waals surface area contributed by atoms with Gasteiger partial charge < -0.3 is 9.80 Å². The molecule has 0 N–H and O–H groups in total. The van der Waals surface area contributed by atoms with Crippen LogP contribution in [0.3, 0.4) is 0 Å². The second kappa shape index (κ2) is 7.33. The SMILES string of the molecule is CCN(C1CCN(C)CC1)C1CN(C(=O)c2cccc(C#N)c2)C1. The minimum absolute atomic E-state index is 0.0442. The van der Waals surface area contributed by atoms with Gasteiger partial charge in [-0.3, -0.25) is 9.69 Å². The topological polar surface area (TPSA) is 50.6 Å². The van der Waals surface area contributed by atoms with E-state index in [0.717, 1.165) is 32.7 Å². The van der Waals surface area contributed by atoms with Gasteiger partial charge in [-0.25, -0.2) is 0 Å². The Kier molecular flexibility index (Phi) is 5.17. The lowest BCUT2D eigenvalue weighted by Crippen LogP contribution is -2.63. The predicted octanol–water partition coefficient (Wildman–Crippen LogP) is 1.80. The van der Waals surface area contributed by atoms with Gasteiger partial charge in [0.05, 0.1) is 11.6 Å². The van der Waals surface area contributed by atoms with Crippen molar-refractivity contribution in [1.29, 1.82) is 5.26 Å². The molecule has 2 aliphatic heterocycles. The van der Waals surface area contributed by atoms with E-state index in [-0.39, 0.29) is 5.91 Å². The molecule has 0 atom stereocenters. The van der Waals surface area contributed by atoms with Crippen LogP contribution in [0.2, 0.25) is 0 Å². The van der Waals surface area contributed by atoms with E-state index in [1.165, 1.54) is 12.8 Å². The average molecular weight is 326 g/mol. The third kappa shape index (κ3) is 3.45. The van der Waals surface area contributed by atoms with Crippen molar-refractivity contribution in [3.05, 3.63) is 35.4 Å². The van der Waals surface area contributed by atoms with Crippen LogP contribution in [0.25, 0.3) is 0 Å². The lowest BCUT2D eigenvalue weighted by Gasteiger charge is -2.49. The molecule has 0 aromatic heterocycles. The molecule has 0 unspecified atom stereocenters. The van der Waals surface area contributed by atoms with Crippen LogP contribution in [-0.2, 0) is 0 Å². The van der Waals surface area contributed by atoms with E-state index in [2.05, 4.69) is 29.8 Å². The number of carbonyl (C=O) groups is 1. The maximum Gasteiger partial charge on any atom is 0.254 e. The summed E-state index contributed by atoms with van der Waals surface area (Å²) in [7, 11) is 2.19. The first kappa shape index (κ1) is 16.9. The van der Waals surface area contributed by atoms with Gasteiger partial charge in [-0.05, 0) is 57.7 Å². The van der Waals surface area contributed by atoms with Crippen LogP contribution in [-0.4, -0.2) is 72.5 Å². The molecule has 1 aromatic carbocycles. The molecule has 24 heavy (non-hydrogen) atoms. The number of nitriles is 1. The van der Waals surface area contributed by atoms with Crippen molar-refractivity contribution in [2.45, 2.75) is 31.8 Å². The third-order valence-corrected chi connectivity index (χ3v) is 5.38. The van der Waals surface area contributed by atoms with E-state index in [1.807, 2.05) is 4.90 Å². The van der Waals surface area contributed by atoms with Crippen LogP contribution >= 0.6 is 0 Å². The highest BCUT2D eigenvalue weighted by molar-refractivity contribution is 5.95. The summed E-state index contributed by atoms with van der Waals surface area (Å²) in [6, 6.07) is 10.2. The normalized spacial score (nSPS) is 20.0. The van der Waals surface area contributed by atoms with Crippen LogP contribution in [0, 0.1) is 11.3 Å². The minimum atomic E-state index is 0.0442. The zero-order chi connectivity index (χ0) is 17.1. The van der Waals surface area contributed by atoms with Crippen molar-refractivity contribution in [2.24, 2.45) is 0 Å². The summed E-state index contributed by atoms with van der Waals surface area (Å²) in [4.78, 5) is 19.4. The quantitative estimate of drug-likeness (QED) is 0.846. The first-order valence-corrected chi connectivity index (χ1v) is 8.86. The predicted molar refractivity (Wildman–Crippen MR) is 93.7 cm³/mol. The summed E-state index contributed by atoms with van der Waals surface area (Å²) >= 11 is 0. The van der Waals surface area contributed by atoms with Gasteiger partial charge in [-0.2, -0.15) is 5.26 Å². The number of rotatable bonds is 4. The molecule has 3 rings (SSSR count). The number of benzene rings is 1. The fourth-order valence-corrected chi connectivity index (χ4v) is 3.88. The molecule has 0 saturated carbocycles. The van der Waals surface area contributed by atoms with E-state index in [4.69, 9.17) is 5.26 Å². The number of likely N-dealkylation sites (tertiary alicyclic amines) is 2. The van der Waals surface area contributed by atoms with Crippen molar-refractivity contribution in [3.8, 4) is 6.07 Å². The maximum absolute atomic E-state index is 12.6. The number of likely N-dealkylation sites (N-methyl/N-ethyl adjacent to an activating group) is 1. The molecule has 2 saturated heterocycles. The van der Waals surface area contributed by atoms with Gasteiger partial charge in [0.2, 0.25) is 0 Å². The van der Waals surface area contributed by atoms with Crippen molar-refractivity contribution >= 4 is 5.91 Å². The third-order valence-electron chi connectivity index (χ3n) is 5.38. The molecule has 1 aromatic rings. The molecule has 5 heteroatoms. The highest BCUT2D eigenvalue weighted by Crippen LogP contribution is 2.24. The van der Waals surface area contributed by atoms with E-state index < -0.39 is 0 Å². The van der Waals surface area contributed by atoms with Gasteiger partial charge >= 0.3 is 0 Å². The molecule has 2 heterocycles. The zero-order valence-electron chi connectivity index (χ0n) is 14.6. The number of amides is 1. The number of nitrogens with zero attached hydrogens (tertiary/aromatic N) is 4. The second-order valence-electron chi connectivity index (χ2n) is 6.92. The van der Waals surface area contributed by atoms with Crippen molar-refractivity contribution < 1.29 is 4.79 Å². The fourth-order valence-electron chi connectivity index (χ4n) is 3.88. The van der Waals surface area contributed by atoms with E-state index in [0.29, 0.717) is 23.2 Å². The fraction of sp³-hybridized carbons (Fsp3) is 0.579. The van der Waals surface area contributed by atoms with Crippen LogP contribution in [0.4, 0.5) is 0 Å². The van der Waals surface area contributed by atoms with Crippen molar-refractivity contribution in [2.75, 3.05) is 39.8 Å². The smallest absolute Gasteiger partial charge is 0.254 e. The summed E-state index contributed by atoms with van der Waals surface area (Å²) in [6.45, 7) is 7.20. The van der Waals surface area contributed by atoms with Gasteiger partial charge in [0, 0.05) is 30.7 Å². The van der Waals surface area contributed by atoms with Gasteiger partial charge in [-0.15, -0.1) is 0 Å². The standard InChI is InChI=1S/C19H26N4O/c1-3-23(17-7-9-21(2)10-8-17)18-13-22(14-18)19(24)16-6-4-5-15(11-16)12-20/h4-6,11,17-18H,3,7-10,13-14H2,1-2H3. The van der Waals surface area contributed by atoms with E-state index >= 15 is 0 Å². The van der Waals surface area contributed by atoms with E-state index in [9.17, 15) is 4.79 Å². The summed E-state index contributed by atoms with van der Waals surface area (Å²) in [6.07, 6.45) is 2.44. The Morgan fingerprint density at radius 1 is 1.29 bits per heavy atom. The Morgan fingerprint density at radius 3 is 2.62 bits per heavy atom. The lowest BCUT2D eigenvalue weighted by molar-refractivity contribution is 0.0000113. The van der Waals surface area contributed by atoms with Crippen LogP contribution in [0.1, 0.15) is 35.7 Å². The van der Waals surface area contributed by atoms with Gasteiger partial charge in [0.15, 0.2) is 0 Å². The lowest BCUT2D eigenvalue weighted by atomic mass is 9.97. The Balaban J connectivity index is 1.57. The zero-order valence-corrected chi connectivity index (χ0v) is 14.6. The molecule has 0 bridgehead atoms. The average Bonchev–Trinajstić information content (AvgIpc) is 2.58. The Labute approximate surface area is 144 Å². The molecule has 2 aliphatic rings. The summed E-state index contributed by atoms with van der Waals surface area (Å²) in [5, 5.41) is 8.98. The number of piperidine rings is 1. The summed E-state index contributed by atoms with van der Waals surface area (Å²) in [5.41, 5.74) is 1.16. The minimum Gasteiger partial charge on any atom is -0.335 e. The Morgan fingerprint density at radius 2 is 2.00 bits per heavy atom. The van der Waals surface area contributed by atoms with E-state index in [1.54, 1.807) is 24.3 Å². The molecule has 128 valence electrons. The summed E-state index contributed by atoms with van der Waals surface area (Å²) in [5.74, 6) is 0.0442. The monoisotopic (exact) mass is 326 g/mol. The molecular formula is C19H26N4O. The van der Waals surface area contributed by atoms with Crippen molar-refractivity contribution in [1.82, 2.24) is 14.7 Å². The van der Waals surface area contributed by atoms with Crippen LogP contribution < -0.4 is 0 Å². The van der Waals surface area contributed by atoms with Gasteiger partial charge in [0.1, 0.15) is 0 Å². The summed E-state index contributed by atoms with van der Waals surface area (Å²) < 4.78 is 0.